The topological polar surface area (TPSA) is 31.6 Å². The van der Waals surface area contributed by atoms with Crippen LogP contribution in [0.1, 0.15) is 19.4 Å². The molecule has 0 radical (unpaired) electrons. The second kappa shape index (κ2) is 3.28. The lowest BCUT2D eigenvalue weighted by Gasteiger charge is -2.02. The van der Waals surface area contributed by atoms with Gasteiger partial charge in [-0.2, -0.15) is 0 Å². The molecule has 0 bridgehead atoms. The third-order valence-corrected chi connectivity index (χ3v) is 1.51. The Hall–Kier alpha value is -1.18. The van der Waals surface area contributed by atoms with Gasteiger partial charge in [0.1, 0.15) is 0 Å². The summed E-state index contributed by atoms with van der Waals surface area (Å²) in [6.07, 6.45) is 0. The number of nitrogens with one attached hydrogen (secondary N) is 2. The Morgan fingerprint density at radius 2 is 1.64 bits per heavy atom. The Bertz CT molecular complexity index is 317. The van der Waals surface area contributed by atoms with E-state index in [9.17, 15) is 0 Å². The van der Waals surface area contributed by atoms with Crippen molar-refractivity contribution in [3.05, 3.63) is 23.8 Å². The highest BCUT2D eigenvalue weighted by atomic mass is 15.1. The number of aryl methyl sites for hydroxylation is 1. The summed E-state index contributed by atoms with van der Waals surface area (Å²) in [7, 11) is 0. The molecule has 1 aromatic heterocycles. The average Bonchev–Trinajstić information content (AvgIpc) is 2.01. The van der Waals surface area contributed by atoms with Gasteiger partial charge in [0.05, 0.1) is 11.0 Å². The molecule has 0 aliphatic rings. The molecule has 0 fully saturated rings. The third-order valence-electron chi connectivity index (χ3n) is 1.51. The highest BCUT2D eigenvalue weighted by molar-refractivity contribution is 5.76. The number of aromatic amines is 2. The first-order chi connectivity index (χ1) is 5.36. The first kappa shape index (κ1) is 7.92. The SMILES string of the molecule is CC.Cc1ccc2[nH][nH]c2c1. The fraction of sp³-hybridized carbons (Fsp3) is 0.333. The van der Waals surface area contributed by atoms with Crippen molar-refractivity contribution in [1.82, 2.24) is 10.2 Å². The van der Waals surface area contributed by atoms with Crippen molar-refractivity contribution < 1.29 is 0 Å². The van der Waals surface area contributed by atoms with E-state index >= 15 is 0 Å². The minimum absolute atomic E-state index is 1.20. The molecular weight excluding hydrogens is 136 g/mol. The minimum Gasteiger partial charge on any atom is -0.299 e. The molecule has 0 spiro atoms. The van der Waals surface area contributed by atoms with Crippen molar-refractivity contribution in [2.24, 2.45) is 0 Å². The van der Waals surface area contributed by atoms with Gasteiger partial charge < -0.3 is 0 Å². The number of hydrogen-bond donors (Lipinski definition) is 2. The molecule has 2 rings (SSSR count). The van der Waals surface area contributed by atoms with E-state index in [0.717, 1.165) is 0 Å². The van der Waals surface area contributed by atoms with Crippen molar-refractivity contribution in [1.29, 1.82) is 0 Å². The zero-order chi connectivity index (χ0) is 8.27. The fourth-order valence-electron chi connectivity index (χ4n) is 0.943. The van der Waals surface area contributed by atoms with Gasteiger partial charge in [-0.25, -0.2) is 0 Å². The predicted molar refractivity (Wildman–Crippen MR) is 48.7 cm³/mol. The first-order valence-electron chi connectivity index (χ1n) is 3.99. The maximum atomic E-state index is 2.98. The molecule has 0 atom stereocenters. The predicted octanol–water partition coefficient (Wildman–Crippen LogP) is 2.83. The normalized spacial score (nSPS) is 9.36. The summed E-state index contributed by atoms with van der Waals surface area (Å²) in [6, 6.07) is 6.28. The van der Waals surface area contributed by atoms with E-state index in [1.807, 2.05) is 13.8 Å². The van der Waals surface area contributed by atoms with Crippen LogP contribution in [0.5, 0.6) is 0 Å². The Labute approximate surface area is 66.6 Å². The Kier molecular flexibility index (Phi) is 2.36. The monoisotopic (exact) mass is 150 g/mol. The molecule has 0 saturated carbocycles. The Balaban J connectivity index is 0.000000281. The van der Waals surface area contributed by atoms with Crippen LogP contribution in [0.2, 0.25) is 0 Å². The molecule has 2 N–H and O–H groups in total. The number of fused-ring (bicyclic) bond motifs is 1. The van der Waals surface area contributed by atoms with E-state index in [-0.39, 0.29) is 0 Å². The molecular formula is C9H14N2. The Morgan fingerprint density at radius 3 is 2.00 bits per heavy atom. The number of hydrogen-bond acceptors (Lipinski definition) is 0. The quantitative estimate of drug-likeness (QED) is 0.578. The second-order valence-corrected chi connectivity index (χ2v) is 2.30. The Morgan fingerprint density at radius 1 is 1.00 bits per heavy atom. The van der Waals surface area contributed by atoms with E-state index in [2.05, 4.69) is 35.3 Å². The van der Waals surface area contributed by atoms with Gasteiger partial charge in [0, 0.05) is 0 Å². The minimum atomic E-state index is 1.20. The van der Waals surface area contributed by atoms with Crippen LogP contribution in [-0.4, -0.2) is 10.2 Å². The lowest BCUT2D eigenvalue weighted by molar-refractivity contribution is 1.07. The van der Waals surface area contributed by atoms with Crippen LogP contribution in [-0.2, 0) is 0 Å². The second-order valence-electron chi connectivity index (χ2n) is 2.30. The maximum absolute atomic E-state index is 2.98. The lowest BCUT2D eigenvalue weighted by Crippen LogP contribution is -1.90. The molecule has 2 heteroatoms. The number of rotatable bonds is 0. The van der Waals surface area contributed by atoms with Crippen molar-refractivity contribution in [3.8, 4) is 0 Å². The molecule has 1 aromatic carbocycles. The van der Waals surface area contributed by atoms with Crippen LogP contribution < -0.4 is 0 Å². The third kappa shape index (κ3) is 1.45. The van der Waals surface area contributed by atoms with Gasteiger partial charge in [-0.1, -0.05) is 19.9 Å². The molecule has 0 aliphatic heterocycles. The number of aromatic nitrogens is 2. The zero-order valence-electron chi connectivity index (χ0n) is 7.23. The molecule has 0 aliphatic carbocycles. The largest absolute Gasteiger partial charge is 0.299 e. The van der Waals surface area contributed by atoms with Crippen molar-refractivity contribution in [2.75, 3.05) is 0 Å². The highest BCUT2D eigenvalue weighted by Crippen LogP contribution is 2.10. The fourth-order valence-corrected chi connectivity index (χ4v) is 0.943. The van der Waals surface area contributed by atoms with Crippen LogP contribution >= 0.6 is 0 Å². The molecule has 0 saturated heterocycles. The van der Waals surface area contributed by atoms with Crippen LogP contribution in [0.3, 0.4) is 0 Å². The molecule has 0 amide bonds. The molecule has 11 heavy (non-hydrogen) atoms. The molecule has 2 nitrogen and oxygen atoms in total. The first-order valence-corrected chi connectivity index (χ1v) is 3.99. The average molecular weight is 150 g/mol. The van der Waals surface area contributed by atoms with Crippen molar-refractivity contribution >= 4 is 11.0 Å². The summed E-state index contributed by atoms with van der Waals surface area (Å²) in [4.78, 5) is 0. The van der Waals surface area contributed by atoms with E-state index in [1.165, 1.54) is 16.6 Å². The van der Waals surface area contributed by atoms with E-state index in [0.29, 0.717) is 0 Å². The summed E-state index contributed by atoms with van der Waals surface area (Å²) in [6.45, 7) is 6.08. The van der Waals surface area contributed by atoms with Gasteiger partial charge in [0.2, 0.25) is 0 Å². The zero-order valence-corrected chi connectivity index (χ0v) is 7.23. The van der Waals surface area contributed by atoms with Crippen LogP contribution in [0.15, 0.2) is 18.2 Å². The van der Waals surface area contributed by atoms with Crippen LogP contribution in [0.25, 0.3) is 11.0 Å². The maximum Gasteiger partial charge on any atom is 0.0791 e. The molecule has 1 heterocycles. The van der Waals surface area contributed by atoms with Crippen molar-refractivity contribution in [3.63, 3.8) is 0 Å². The van der Waals surface area contributed by atoms with Gasteiger partial charge in [-0.3, -0.25) is 10.2 Å². The van der Waals surface area contributed by atoms with E-state index in [4.69, 9.17) is 0 Å². The van der Waals surface area contributed by atoms with Crippen LogP contribution in [0, 0.1) is 6.92 Å². The summed E-state index contributed by atoms with van der Waals surface area (Å²) in [5, 5.41) is 5.95. The van der Waals surface area contributed by atoms with Gasteiger partial charge >= 0.3 is 0 Å². The lowest BCUT2D eigenvalue weighted by atomic mass is 10.2. The van der Waals surface area contributed by atoms with Crippen LogP contribution in [0.4, 0.5) is 0 Å². The van der Waals surface area contributed by atoms with Gasteiger partial charge in [0.15, 0.2) is 0 Å². The van der Waals surface area contributed by atoms with Gasteiger partial charge in [-0.05, 0) is 24.6 Å². The molecule has 2 aromatic rings. The van der Waals surface area contributed by atoms with Gasteiger partial charge in [0.25, 0.3) is 0 Å². The smallest absolute Gasteiger partial charge is 0.0791 e. The molecule has 60 valence electrons. The summed E-state index contributed by atoms with van der Waals surface area (Å²) >= 11 is 0. The van der Waals surface area contributed by atoms with Gasteiger partial charge in [-0.15, -0.1) is 0 Å². The summed E-state index contributed by atoms with van der Waals surface area (Å²) < 4.78 is 0. The van der Waals surface area contributed by atoms with E-state index < -0.39 is 0 Å². The number of H-pyrrole nitrogens is 2. The standard InChI is InChI=1S/C7H8N2.C2H6/c1-5-2-3-6-7(4-5)9-8-6;1-2/h2-4,8-9H,1H3;1-2H3. The summed E-state index contributed by atoms with van der Waals surface area (Å²) in [5.74, 6) is 0. The number of benzene rings is 1. The highest BCUT2D eigenvalue weighted by Gasteiger charge is 1.93. The molecule has 0 unspecified atom stereocenters. The summed E-state index contributed by atoms with van der Waals surface area (Å²) in [5.41, 5.74) is 3.69. The van der Waals surface area contributed by atoms with E-state index in [1.54, 1.807) is 0 Å². The van der Waals surface area contributed by atoms with Crippen molar-refractivity contribution in [2.45, 2.75) is 20.8 Å².